The van der Waals surface area contributed by atoms with Gasteiger partial charge in [0.25, 0.3) is 0 Å². The Labute approximate surface area is 111 Å². The van der Waals surface area contributed by atoms with Crippen LogP contribution in [0.15, 0.2) is 0 Å². The molecule has 0 nitrogen and oxygen atoms in total. The van der Waals surface area contributed by atoms with Gasteiger partial charge in [0.15, 0.2) is 0 Å². The molecule has 3 unspecified atom stereocenters. The summed E-state index contributed by atoms with van der Waals surface area (Å²) >= 11 is 0. The van der Waals surface area contributed by atoms with E-state index in [2.05, 4.69) is 48.5 Å². The molecule has 0 bridgehead atoms. The number of hydrogen-bond donors (Lipinski definition) is 0. The third kappa shape index (κ3) is 10.9. The summed E-state index contributed by atoms with van der Waals surface area (Å²) < 4.78 is 0. The molecule has 0 saturated carbocycles. The zero-order valence-electron chi connectivity index (χ0n) is 13.5. The summed E-state index contributed by atoms with van der Waals surface area (Å²) in [7, 11) is 0. The minimum absolute atomic E-state index is 0.502. The summed E-state index contributed by atoms with van der Waals surface area (Å²) in [5.41, 5.74) is 0.502. The van der Waals surface area contributed by atoms with Gasteiger partial charge >= 0.3 is 0 Å². The molecule has 17 heavy (non-hydrogen) atoms. The Balaban J connectivity index is 3.62. The van der Waals surface area contributed by atoms with E-state index in [-0.39, 0.29) is 0 Å². The predicted molar refractivity (Wildman–Crippen MR) is 80.3 cm³/mol. The Morgan fingerprint density at radius 1 is 0.824 bits per heavy atom. The van der Waals surface area contributed by atoms with E-state index in [1.54, 1.807) is 0 Å². The Bertz CT molecular complexity index is 175. The van der Waals surface area contributed by atoms with Crippen molar-refractivity contribution in [2.24, 2.45) is 23.2 Å². The van der Waals surface area contributed by atoms with Crippen LogP contribution in [0.4, 0.5) is 0 Å². The molecule has 0 aliphatic carbocycles. The highest BCUT2D eigenvalue weighted by Gasteiger charge is 2.15. The molecule has 0 radical (unpaired) electrons. The second-order valence-electron chi connectivity index (χ2n) is 7.66. The lowest BCUT2D eigenvalue weighted by atomic mass is 9.82. The van der Waals surface area contributed by atoms with Gasteiger partial charge in [-0.3, -0.25) is 0 Å². The highest BCUT2D eigenvalue weighted by atomic mass is 14.2. The van der Waals surface area contributed by atoms with Gasteiger partial charge < -0.3 is 0 Å². The van der Waals surface area contributed by atoms with Crippen molar-refractivity contribution in [3.63, 3.8) is 0 Å². The Morgan fingerprint density at radius 2 is 1.35 bits per heavy atom. The van der Waals surface area contributed by atoms with Crippen molar-refractivity contribution < 1.29 is 0 Å². The van der Waals surface area contributed by atoms with Gasteiger partial charge in [-0.1, -0.05) is 74.1 Å². The summed E-state index contributed by atoms with van der Waals surface area (Å²) in [5, 5.41) is 0. The van der Waals surface area contributed by atoms with E-state index in [0.29, 0.717) is 5.41 Å². The first kappa shape index (κ1) is 17.0. The Hall–Kier alpha value is 0. The minimum Gasteiger partial charge on any atom is -0.0651 e. The average molecular weight is 240 g/mol. The normalized spacial score (nSPS) is 17.8. The van der Waals surface area contributed by atoms with Crippen LogP contribution in [0.5, 0.6) is 0 Å². The lowest BCUT2D eigenvalue weighted by Crippen LogP contribution is -2.11. The first-order chi connectivity index (χ1) is 7.74. The average Bonchev–Trinajstić information content (AvgIpc) is 2.14. The van der Waals surface area contributed by atoms with E-state index in [1.807, 2.05) is 0 Å². The van der Waals surface area contributed by atoms with Gasteiger partial charge in [0.1, 0.15) is 0 Å². The minimum atomic E-state index is 0.502. The zero-order chi connectivity index (χ0) is 13.5. The molecule has 0 aromatic carbocycles. The van der Waals surface area contributed by atoms with Gasteiger partial charge in [-0.25, -0.2) is 0 Å². The van der Waals surface area contributed by atoms with Gasteiger partial charge in [-0.05, 0) is 36.0 Å². The van der Waals surface area contributed by atoms with E-state index >= 15 is 0 Å². The largest absolute Gasteiger partial charge is 0.0651 e. The summed E-state index contributed by atoms with van der Waals surface area (Å²) in [4.78, 5) is 0. The lowest BCUT2D eigenvalue weighted by molar-refractivity contribution is 0.284. The van der Waals surface area contributed by atoms with Gasteiger partial charge in [0.2, 0.25) is 0 Å². The lowest BCUT2D eigenvalue weighted by Gasteiger charge is -2.23. The smallest absolute Gasteiger partial charge is 0.0380 e. The van der Waals surface area contributed by atoms with Gasteiger partial charge in [0, 0.05) is 0 Å². The third-order valence-corrected chi connectivity index (χ3v) is 3.86. The van der Waals surface area contributed by atoms with Crippen molar-refractivity contribution in [3.8, 4) is 0 Å². The molecular formula is C17H36. The van der Waals surface area contributed by atoms with Crippen LogP contribution in [0.1, 0.15) is 87.0 Å². The summed E-state index contributed by atoms with van der Waals surface area (Å²) in [6.45, 7) is 16.6. The van der Waals surface area contributed by atoms with Crippen molar-refractivity contribution >= 4 is 0 Å². The van der Waals surface area contributed by atoms with Crippen molar-refractivity contribution in [1.29, 1.82) is 0 Å². The highest BCUT2D eigenvalue weighted by Crippen LogP contribution is 2.28. The first-order valence-corrected chi connectivity index (χ1v) is 7.74. The molecule has 0 spiro atoms. The van der Waals surface area contributed by atoms with Crippen LogP contribution in [0.25, 0.3) is 0 Å². The molecule has 0 aliphatic heterocycles. The molecule has 0 aromatic heterocycles. The van der Waals surface area contributed by atoms with Crippen LogP contribution in [-0.2, 0) is 0 Å². The molecule has 0 N–H and O–H groups in total. The Kier molecular flexibility index (Phi) is 8.16. The van der Waals surface area contributed by atoms with Crippen molar-refractivity contribution in [2.45, 2.75) is 87.0 Å². The second kappa shape index (κ2) is 8.16. The summed E-state index contributed by atoms with van der Waals surface area (Å²) in [6.07, 6.45) is 8.40. The van der Waals surface area contributed by atoms with E-state index < -0.39 is 0 Å². The van der Waals surface area contributed by atoms with E-state index in [0.717, 1.165) is 17.8 Å². The molecule has 0 saturated heterocycles. The van der Waals surface area contributed by atoms with Crippen LogP contribution in [0.2, 0.25) is 0 Å². The fraction of sp³-hybridized carbons (Fsp3) is 1.00. The molecule has 0 fully saturated rings. The maximum Gasteiger partial charge on any atom is -0.0380 e. The van der Waals surface area contributed by atoms with E-state index in [4.69, 9.17) is 0 Å². The second-order valence-corrected chi connectivity index (χ2v) is 7.66. The predicted octanol–water partition coefficient (Wildman–Crippen LogP) is 6.30. The molecule has 104 valence electrons. The first-order valence-electron chi connectivity index (χ1n) is 7.74. The van der Waals surface area contributed by atoms with Crippen molar-refractivity contribution in [1.82, 2.24) is 0 Å². The van der Waals surface area contributed by atoms with Gasteiger partial charge in [-0.2, -0.15) is 0 Å². The topological polar surface area (TPSA) is 0 Å². The van der Waals surface area contributed by atoms with E-state index in [1.165, 1.54) is 38.5 Å². The van der Waals surface area contributed by atoms with Crippen LogP contribution in [0, 0.1) is 23.2 Å². The standard InChI is InChI=1S/C17H36/c1-8-14(2)12-15(3)10-9-11-16(4)13-17(5,6)7/h14-16H,8-13H2,1-7H3. The molecule has 0 heterocycles. The fourth-order valence-corrected chi connectivity index (χ4v) is 2.93. The van der Waals surface area contributed by atoms with Gasteiger partial charge in [-0.15, -0.1) is 0 Å². The van der Waals surface area contributed by atoms with Crippen molar-refractivity contribution in [2.75, 3.05) is 0 Å². The molecule has 3 atom stereocenters. The molecule has 0 amide bonds. The quantitative estimate of drug-likeness (QED) is 0.467. The van der Waals surface area contributed by atoms with Gasteiger partial charge in [0.05, 0.1) is 0 Å². The highest BCUT2D eigenvalue weighted by molar-refractivity contribution is 4.67. The van der Waals surface area contributed by atoms with Crippen LogP contribution in [0.3, 0.4) is 0 Å². The third-order valence-electron chi connectivity index (χ3n) is 3.86. The summed E-state index contributed by atoms with van der Waals surface area (Å²) in [5.74, 6) is 2.73. The monoisotopic (exact) mass is 240 g/mol. The molecule has 0 rings (SSSR count). The Morgan fingerprint density at radius 3 is 1.82 bits per heavy atom. The molecule has 0 heteroatoms. The fourth-order valence-electron chi connectivity index (χ4n) is 2.93. The van der Waals surface area contributed by atoms with Crippen molar-refractivity contribution in [3.05, 3.63) is 0 Å². The molecule has 0 aliphatic rings. The maximum atomic E-state index is 2.43. The van der Waals surface area contributed by atoms with Crippen LogP contribution in [-0.4, -0.2) is 0 Å². The number of rotatable bonds is 8. The van der Waals surface area contributed by atoms with E-state index in [9.17, 15) is 0 Å². The zero-order valence-corrected chi connectivity index (χ0v) is 13.5. The number of hydrogen-bond acceptors (Lipinski definition) is 0. The molecular weight excluding hydrogens is 204 g/mol. The maximum absolute atomic E-state index is 2.43. The van der Waals surface area contributed by atoms with Crippen LogP contribution < -0.4 is 0 Å². The summed E-state index contributed by atoms with van der Waals surface area (Å²) in [6, 6.07) is 0. The molecule has 0 aromatic rings. The van der Waals surface area contributed by atoms with Crippen LogP contribution >= 0.6 is 0 Å². The SMILES string of the molecule is CCC(C)CC(C)CCCC(C)CC(C)(C)C.